The number of aliphatic hydroxyl groups is 2. The Labute approximate surface area is 140 Å². The molecule has 1 aliphatic rings. The second kappa shape index (κ2) is 6.25. The van der Waals surface area contributed by atoms with E-state index in [1.54, 1.807) is 6.92 Å². The molecule has 0 radical (unpaired) electrons. The molecule has 0 aromatic carbocycles. The molecule has 0 amide bonds. The zero-order chi connectivity index (χ0) is 16.8. The molecule has 4 atom stereocenters. The summed E-state index contributed by atoms with van der Waals surface area (Å²) in [7, 11) is 0. The molecule has 0 bridgehead atoms. The summed E-state index contributed by atoms with van der Waals surface area (Å²) in [5, 5.41) is 20.3. The molecule has 2 unspecified atom stereocenters. The molecule has 1 aliphatic heterocycles. The normalized spacial score (nSPS) is 28.6. The lowest BCUT2D eigenvalue weighted by atomic mass is 10.1. The quantitative estimate of drug-likeness (QED) is 0.760. The fourth-order valence-corrected chi connectivity index (χ4v) is 3.07. The van der Waals surface area contributed by atoms with Crippen molar-refractivity contribution in [3.63, 3.8) is 0 Å². The Hall–Kier alpha value is -0.800. The number of nitrogens with zero attached hydrogens (tertiary/aromatic N) is 4. The van der Waals surface area contributed by atoms with Crippen LogP contribution in [0.1, 0.15) is 11.9 Å². The van der Waals surface area contributed by atoms with Crippen molar-refractivity contribution in [3.05, 3.63) is 18.3 Å². The van der Waals surface area contributed by atoms with Gasteiger partial charge in [0.05, 0.1) is 18.6 Å². The lowest BCUT2D eigenvalue weighted by Gasteiger charge is -2.16. The molecule has 126 valence electrons. The van der Waals surface area contributed by atoms with Crippen molar-refractivity contribution in [2.24, 2.45) is 0 Å². The topological polar surface area (TPSA) is 120 Å². The van der Waals surface area contributed by atoms with Crippen molar-refractivity contribution in [3.8, 4) is 0 Å². The zero-order valence-electron chi connectivity index (χ0n) is 11.8. The van der Waals surface area contributed by atoms with Crippen molar-refractivity contribution in [1.82, 2.24) is 19.5 Å². The van der Waals surface area contributed by atoms with Crippen molar-refractivity contribution in [2.75, 3.05) is 6.61 Å². The number of aryl methyl sites for hydroxylation is 1. The molecule has 0 saturated carbocycles. The number of ether oxygens (including phenoxy) is 1. The first-order valence-electron chi connectivity index (χ1n) is 6.57. The highest BCUT2D eigenvalue weighted by Crippen LogP contribution is 2.57. The maximum atomic E-state index is 11.2. The van der Waals surface area contributed by atoms with Crippen LogP contribution in [-0.4, -0.2) is 54.7 Å². The summed E-state index contributed by atoms with van der Waals surface area (Å²) < 4.78 is 23.0. The average Bonchev–Trinajstić information content (AvgIpc) is 3.01. The third-order valence-electron chi connectivity index (χ3n) is 3.54. The van der Waals surface area contributed by atoms with Crippen LogP contribution in [0.3, 0.4) is 0 Å². The first-order valence-corrected chi connectivity index (χ1v) is 10.0. The smallest absolute Gasteiger partial charge is 0.380 e. The standard InChI is InChI=1S/C11H13Cl2N4O5P/c1-5-7-10(15-3-14-5)17(4-16-7)11-9(19)8(18)6(22-11)2-21-23(12,13)20/h3-4,6,8-9,11,18-19H,2H2,1H3/t6-,8?,9?,11-/m1/s1. The number of hydrogen-bond acceptors (Lipinski definition) is 8. The fraction of sp³-hybridized carbons (Fsp3) is 0.545. The Balaban J connectivity index is 1.85. The summed E-state index contributed by atoms with van der Waals surface area (Å²) in [6.07, 6.45) is -5.40. The van der Waals surface area contributed by atoms with Gasteiger partial charge in [-0.3, -0.25) is 9.13 Å². The lowest BCUT2D eigenvalue weighted by Crippen LogP contribution is -2.33. The Morgan fingerprint density at radius 1 is 1.35 bits per heavy atom. The first-order chi connectivity index (χ1) is 10.8. The zero-order valence-corrected chi connectivity index (χ0v) is 14.2. The number of halogens is 2. The third kappa shape index (κ3) is 3.36. The van der Waals surface area contributed by atoms with Gasteiger partial charge in [-0.2, -0.15) is 0 Å². The van der Waals surface area contributed by atoms with Gasteiger partial charge in [0, 0.05) is 0 Å². The second-order valence-corrected chi connectivity index (χ2v) is 9.32. The van der Waals surface area contributed by atoms with Crippen LogP contribution in [0, 0.1) is 6.92 Å². The van der Waals surface area contributed by atoms with Gasteiger partial charge < -0.3 is 19.5 Å². The van der Waals surface area contributed by atoms with E-state index in [-0.39, 0.29) is 6.61 Å². The maximum absolute atomic E-state index is 11.2. The van der Waals surface area contributed by atoms with E-state index in [1.165, 1.54) is 17.2 Å². The van der Waals surface area contributed by atoms with Crippen molar-refractivity contribution in [1.29, 1.82) is 0 Å². The number of aliphatic hydroxyl groups excluding tert-OH is 2. The largest absolute Gasteiger partial charge is 0.387 e. The predicted molar refractivity (Wildman–Crippen MR) is 81.2 cm³/mol. The SMILES string of the molecule is Cc1ncnc2c1ncn2[C@@H]1O[C@H](COP(=O)(Cl)Cl)C(O)C1O. The lowest BCUT2D eigenvalue weighted by molar-refractivity contribution is -0.0465. The molecular formula is C11H13Cl2N4O5P. The van der Waals surface area contributed by atoms with E-state index in [2.05, 4.69) is 15.0 Å². The van der Waals surface area contributed by atoms with E-state index in [1.807, 2.05) is 0 Å². The van der Waals surface area contributed by atoms with E-state index in [9.17, 15) is 14.8 Å². The molecule has 9 nitrogen and oxygen atoms in total. The van der Waals surface area contributed by atoms with E-state index >= 15 is 0 Å². The minimum Gasteiger partial charge on any atom is -0.387 e. The van der Waals surface area contributed by atoms with Gasteiger partial charge in [0.25, 0.3) is 0 Å². The van der Waals surface area contributed by atoms with Gasteiger partial charge in [-0.05, 0) is 29.4 Å². The van der Waals surface area contributed by atoms with Gasteiger partial charge in [-0.15, -0.1) is 0 Å². The van der Waals surface area contributed by atoms with Crippen LogP contribution in [0.15, 0.2) is 12.7 Å². The minimum atomic E-state index is -3.76. The molecule has 1 fully saturated rings. The molecule has 23 heavy (non-hydrogen) atoms. The maximum Gasteiger partial charge on any atom is 0.380 e. The Morgan fingerprint density at radius 2 is 2.09 bits per heavy atom. The van der Waals surface area contributed by atoms with Crippen molar-refractivity contribution < 1.29 is 24.0 Å². The van der Waals surface area contributed by atoms with Gasteiger partial charge in [0.15, 0.2) is 11.9 Å². The summed E-state index contributed by atoms with van der Waals surface area (Å²) in [6.45, 7) is 1.44. The molecule has 3 rings (SSSR count). The molecule has 3 heterocycles. The number of imidazole rings is 1. The van der Waals surface area contributed by atoms with Crippen LogP contribution in [0.4, 0.5) is 0 Å². The number of fused-ring (bicyclic) bond motifs is 1. The Kier molecular flexibility index (Phi) is 4.63. The van der Waals surface area contributed by atoms with Crippen molar-refractivity contribution in [2.45, 2.75) is 31.5 Å². The highest BCUT2D eigenvalue weighted by Gasteiger charge is 2.45. The van der Waals surface area contributed by atoms with Crippen LogP contribution in [0.2, 0.25) is 0 Å². The molecule has 0 spiro atoms. The summed E-state index contributed by atoms with van der Waals surface area (Å²) >= 11 is 10.6. The monoisotopic (exact) mass is 382 g/mol. The van der Waals surface area contributed by atoms with E-state index in [0.29, 0.717) is 16.9 Å². The van der Waals surface area contributed by atoms with Crippen LogP contribution < -0.4 is 0 Å². The number of hydrogen-bond donors (Lipinski definition) is 2. The van der Waals surface area contributed by atoms with Crippen LogP contribution >= 0.6 is 28.6 Å². The van der Waals surface area contributed by atoms with E-state index in [4.69, 9.17) is 31.7 Å². The molecule has 12 heteroatoms. The van der Waals surface area contributed by atoms with Gasteiger partial charge in [0.1, 0.15) is 30.2 Å². The Bertz CT molecular complexity index is 768. The van der Waals surface area contributed by atoms with Crippen LogP contribution in [0.25, 0.3) is 11.2 Å². The molecule has 2 N–H and O–H groups in total. The Morgan fingerprint density at radius 3 is 2.78 bits per heavy atom. The van der Waals surface area contributed by atoms with Crippen molar-refractivity contribution >= 4 is 39.7 Å². The highest BCUT2D eigenvalue weighted by molar-refractivity contribution is 8.05. The second-order valence-electron chi connectivity index (χ2n) is 5.04. The van der Waals surface area contributed by atoms with Crippen LogP contribution in [0.5, 0.6) is 0 Å². The van der Waals surface area contributed by atoms with Gasteiger partial charge in [-0.1, -0.05) is 0 Å². The van der Waals surface area contributed by atoms with E-state index in [0.717, 1.165) is 0 Å². The molecule has 2 aromatic heterocycles. The molecule has 2 aromatic rings. The van der Waals surface area contributed by atoms with Gasteiger partial charge in [-0.25, -0.2) is 15.0 Å². The van der Waals surface area contributed by atoms with E-state index < -0.39 is 30.6 Å². The van der Waals surface area contributed by atoms with Gasteiger partial charge >= 0.3 is 6.07 Å². The summed E-state index contributed by atoms with van der Waals surface area (Å²) in [5.41, 5.74) is 1.69. The number of aromatic nitrogens is 4. The van der Waals surface area contributed by atoms with Crippen LogP contribution in [-0.2, 0) is 13.8 Å². The highest BCUT2D eigenvalue weighted by atomic mass is 35.9. The number of rotatable bonds is 4. The molecule has 1 saturated heterocycles. The van der Waals surface area contributed by atoms with Gasteiger partial charge in [0.2, 0.25) is 0 Å². The summed E-state index contributed by atoms with van der Waals surface area (Å²) in [4.78, 5) is 12.3. The third-order valence-corrected chi connectivity index (χ3v) is 4.58. The summed E-state index contributed by atoms with van der Waals surface area (Å²) in [6, 6.07) is 0. The first kappa shape index (κ1) is 17.0. The molecular weight excluding hydrogens is 370 g/mol. The fourth-order valence-electron chi connectivity index (χ4n) is 2.41. The predicted octanol–water partition coefficient (Wildman–Crippen LogP) is 1.36. The molecule has 0 aliphatic carbocycles. The summed E-state index contributed by atoms with van der Waals surface area (Å²) in [5.74, 6) is 0. The minimum absolute atomic E-state index is 0.334. The average molecular weight is 383 g/mol.